The van der Waals surface area contributed by atoms with Crippen LogP contribution in [0.1, 0.15) is 34.6 Å². The van der Waals surface area contributed by atoms with Gasteiger partial charge in [-0.3, -0.25) is 0 Å². The van der Waals surface area contributed by atoms with Crippen LogP contribution in [-0.4, -0.2) is 11.6 Å². The molecular weight excluding hydrogens is 140 g/mol. The first-order valence-electron chi connectivity index (χ1n) is 3.39. The number of allylic oxidation sites excluding steroid dienone is 1. The first-order chi connectivity index (χ1) is 4.88. The van der Waals surface area contributed by atoms with E-state index in [0.717, 1.165) is 0 Å². The Hall–Kier alpha value is -0.920. The van der Waals surface area contributed by atoms with E-state index in [2.05, 4.69) is 6.58 Å². The van der Waals surface area contributed by atoms with Crippen LogP contribution in [0.3, 0.4) is 0 Å². The zero-order chi connectivity index (χ0) is 9.86. The van der Waals surface area contributed by atoms with Crippen molar-refractivity contribution in [2.45, 2.75) is 34.6 Å². The molecule has 0 atom stereocenters. The second kappa shape index (κ2) is 16.0. The molecule has 0 aromatic rings. The molecule has 0 aliphatic heterocycles. The summed E-state index contributed by atoms with van der Waals surface area (Å²) in [5.74, 6) is 0.333. The normalized spacial score (nSPS) is 5.91. The van der Waals surface area contributed by atoms with Crippen molar-refractivity contribution >= 4 is 11.6 Å². The minimum absolute atomic E-state index is 0.167. The number of ketones is 2. The molecule has 0 amide bonds. The second-order valence-corrected chi connectivity index (χ2v) is 2.22. The maximum absolute atomic E-state index is 9.44. The van der Waals surface area contributed by atoms with Crippen molar-refractivity contribution in [1.29, 1.82) is 0 Å². The van der Waals surface area contributed by atoms with Crippen LogP contribution >= 0.6 is 0 Å². The molecule has 0 rings (SSSR count). The predicted octanol–water partition coefficient (Wildman–Crippen LogP) is 2.38. The van der Waals surface area contributed by atoms with Gasteiger partial charge in [-0.05, 0) is 34.6 Å². The second-order valence-electron chi connectivity index (χ2n) is 2.22. The Bertz CT molecular complexity index is 94.7. The molecule has 0 aliphatic carbocycles. The molecule has 11 heavy (non-hydrogen) atoms. The molecule has 0 aromatic heterocycles. The van der Waals surface area contributed by atoms with Crippen molar-refractivity contribution in [3.05, 3.63) is 12.7 Å². The van der Waals surface area contributed by atoms with E-state index in [1.54, 1.807) is 6.08 Å². The van der Waals surface area contributed by atoms with Gasteiger partial charge in [0.1, 0.15) is 11.6 Å². The lowest BCUT2D eigenvalue weighted by molar-refractivity contribution is -0.115. The molecule has 0 saturated heterocycles. The van der Waals surface area contributed by atoms with Crippen LogP contribution in [0, 0.1) is 0 Å². The SMILES string of the molecule is C=CC.CC(C)=O.CC(C)=O. The lowest BCUT2D eigenvalue weighted by atomic mass is 10.6. The Kier molecular flexibility index (Phi) is 24.2. The van der Waals surface area contributed by atoms with Crippen LogP contribution in [0.2, 0.25) is 0 Å². The van der Waals surface area contributed by atoms with E-state index in [1.165, 1.54) is 27.7 Å². The summed E-state index contributed by atoms with van der Waals surface area (Å²) in [6.45, 7) is 11.4. The van der Waals surface area contributed by atoms with Crippen molar-refractivity contribution in [3.63, 3.8) is 0 Å². The van der Waals surface area contributed by atoms with Gasteiger partial charge >= 0.3 is 0 Å². The Morgan fingerprint density at radius 1 is 1.00 bits per heavy atom. The molecule has 0 fully saturated rings. The van der Waals surface area contributed by atoms with E-state index >= 15 is 0 Å². The summed E-state index contributed by atoms with van der Waals surface area (Å²) in [6, 6.07) is 0. The lowest BCUT2D eigenvalue weighted by Crippen LogP contribution is -1.69. The van der Waals surface area contributed by atoms with Crippen LogP contribution < -0.4 is 0 Å². The summed E-state index contributed by atoms with van der Waals surface area (Å²) >= 11 is 0. The first-order valence-corrected chi connectivity index (χ1v) is 3.39. The maximum atomic E-state index is 9.44. The highest BCUT2D eigenvalue weighted by Crippen LogP contribution is 1.50. The number of hydrogen-bond acceptors (Lipinski definition) is 2. The highest BCUT2D eigenvalue weighted by molar-refractivity contribution is 5.72. The van der Waals surface area contributed by atoms with Gasteiger partial charge in [-0.15, -0.1) is 6.58 Å². The van der Waals surface area contributed by atoms with Gasteiger partial charge in [0.2, 0.25) is 0 Å². The molecule has 0 radical (unpaired) electrons. The summed E-state index contributed by atoms with van der Waals surface area (Å²) in [7, 11) is 0. The zero-order valence-electron chi connectivity index (χ0n) is 8.10. The van der Waals surface area contributed by atoms with Crippen LogP contribution in [-0.2, 0) is 9.59 Å². The number of carbonyl (C=O) groups excluding carboxylic acids is 2. The fraction of sp³-hybridized carbons (Fsp3) is 0.556. The highest BCUT2D eigenvalue weighted by Gasteiger charge is 1.62. The third-order valence-corrected chi connectivity index (χ3v) is 0. The van der Waals surface area contributed by atoms with Crippen molar-refractivity contribution < 1.29 is 9.59 Å². The topological polar surface area (TPSA) is 34.1 Å². The molecule has 0 bridgehead atoms. The van der Waals surface area contributed by atoms with Crippen molar-refractivity contribution in [2.24, 2.45) is 0 Å². The zero-order valence-corrected chi connectivity index (χ0v) is 8.10. The Morgan fingerprint density at radius 2 is 1.00 bits per heavy atom. The molecule has 0 N–H and O–H groups in total. The van der Waals surface area contributed by atoms with Crippen LogP contribution in [0.25, 0.3) is 0 Å². The highest BCUT2D eigenvalue weighted by atomic mass is 16.1. The molecule has 0 saturated carbocycles. The van der Waals surface area contributed by atoms with E-state index in [0.29, 0.717) is 0 Å². The summed E-state index contributed by atoms with van der Waals surface area (Å²) in [5, 5.41) is 0. The van der Waals surface area contributed by atoms with Gasteiger partial charge in [-0.25, -0.2) is 0 Å². The van der Waals surface area contributed by atoms with Gasteiger partial charge in [-0.1, -0.05) is 6.08 Å². The van der Waals surface area contributed by atoms with E-state index in [-0.39, 0.29) is 11.6 Å². The van der Waals surface area contributed by atoms with Crippen LogP contribution in [0.5, 0.6) is 0 Å². The van der Waals surface area contributed by atoms with Crippen LogP contribution in [0.15, 0.2) is 12.7 Å². The molecular formula is C9H18O2. The fourth-order valence-corrected chi connectivity index (χ4v) is 0. The Balaban J connectivity index is -0.0000000886. The smallest absolute Gasteiger partial charge is 0.126 e. The summed E-state index contributed by atoms with van der Waals surface area (Å²) in [5.41, 5.74) is 0. The molecule has 0 heterocycles. The average molecular weight is 158 g/mol. The van der Waals surface area contributed by atoms with Crippen LogP contribution in [0.4, 0.5) is 0 Å². The molecule has 2 heteroatoms. The standard InChI is InChI=1S/2C3H6O.C3H6/c2*1-3(2)4;1-3-2/h2*1-2H3;3H,1H2,2H3. The van der Waals surface area contributed by atoms with Crippen molar-refractivity contribution in [3.8, 4) is 0 Å². The predicted molar refractivity (Wildman–Crippen MR) is 48.6 cm³/mol. The Labute approximate surface area is 69.3 Å². The number of carbonyl (C=O) groups is 2. The first kappa shape index (κ1) is 16.6. The fourth-order valence-electron chi connectivity index (χ4n) is 0. The van der Waals surface area contributed by atoms with Gasteiger partial charge in [0.05, 0.1) is 0 Å². The molecule has 0 spiro atoms. The molecule has 2 nitrogen and oxygen atoms in total. The third-order valence-electron chi connectivity index (χ3n) is 0. The minimum Gasteiger partial charge on any atom is -0.300 e. The number of rotatable bonds is 0. The van der Waals surface area contributed by atoms with Gasteiger partial charge in [0.15, 0.2) is 0 Å². The van der Waals surface area contributed by atoms with E-state index in [1.807, 2.05) is 6.92 Å². The number of Topliss-reactive ketones (excluding diaryl/α,β-unsaturated/α-hetero) is 2. The summed E-state index contributed by atoms with van der Waals surface area (Å²) in [4.78, 5) is 18.9. The van der Waals surface area contributed by atoms with Gasteiger partial charge in [0, 0.05) is 0 Å². The van der Waals surface area contributed by atoms with Crippen molar-refractivity contribution in [1.82, 2.24) is 0 Å². The van der Waals surface area contributed by atoms with Gasteiger partial charge in [0.25, 0.3) is 0 Å². The molecule has 0 aromatic carbocycles. The van der Waals surface area contributed by atoms with Crippen molar-refractivity contribution in [2.75, 3.05) is 0 Å². The Morgan fingerprint density at radius 3 is 1.00 bits per heavy atom. The summed E-state index contributed by atoms with van der Waals surface area (Å²) < 4.78 is 0. The quantitative estimate of drug-likeness (QED) is 0.507. The molecule has 66 valence electrons. The average Bonchev–Trinajstić information content (AvgIpc) is 1.60. The molecule has 0 unspecified atom stereocenters. The third kappa shape index (κ3) is 538. The number of hydrogen-bond donors (Lipinski definition) is 0. The summed E-state index contributed by atoms with van der Waals surface area (Å²) in [6.07, 6.45) is 1.75. The largest absolute Gasteiger partial charge is 0.300 e. The van der Waals surface area contributed by atoms with E-state index in [4.69, 9.17) is 0 Å². The van der Waals surface area contributed by atoms with E-state index in [9.17, 15) is 9.59 Å². The maximum Gasteiger partial charge on any atom is 0.126 e. The van der Waals surface area contributed by atoms with E-state index < -0.39 is 0 Å². The monoisotopic (exact) mass is 158 g/mol. The van der Waals surface area contributed by atoms with Gasteiger partial charge < -0.3 is 9.59 Å². The minimum atomic E-state index is 0.167. The van der Waals surface area contributed by atoms with Gasteiger partial charge in [-0.2, -0.15) is 0 Å². The molecule has 0 aliphatic rings. The lowest BCUT2D eigenvalue weighted by Gasteiger charge is -1.56.